The van der Waals surface area contributed by atoms with Gasteiger partial charge in [0.1, 0.15) is 19.8 Å². The average Bonchev–Trinajstić information content (AvgIpc) is 2.61. The second kappa shape index (κ2) is 12.3. The first kappa shape index (κ1) is 21.0. The fraction of sp³-hybridized carbons (Fsp3) is 0.526. The highest BCUT2D eigenvalue weighted by Gasteiger charge is 2.09. The largest absolute Gasteiger partial charge is 0.487 e. The van der Waals surface area contributed by atoms with Crippen molar-refractivity contribution in [1.29, 1.82) is 0 Å². The van der Waals surface area contributed by atoms with Crippen LogP contribution in [0.4, 0.5) is 0 Å². The molecule has 0 atom stereocenters. The summed E-state index contributed by atoms with van der Waals surface area (Å²) in [6.45, 7) is 12.3. The monoisotopic (exact) mass is 352 g/mol. The van der Waals surface area contributed by atoms with Crippen LogP contribution in [0.1, 0.15) is 26.3 Å². The Hall–Kier alpha value is -2.05. The highest BCUT2D eigenvalue weighted by molar-refractivity contribution is 5.86. The van der Waals surface area contributed by atoms with Gasteiger partial charge in [-0.25, -0.2) is 4.79 Å². The quantitative estimate of drug-likeness (QED) is 0.309. The van der Waals surface area contributed by atoms with Crippen molar-refractivity contribution in [2.24, 2.45) is 0 Å². The topological polar surface area (TPSA) is 63.2 Å². The predicted octanol–water partition coefficient (Wildman–Crippen LogP) is 3.14. The van der Waals surface area contributed by atoms with Gasteiger partial charge in [0.25, 0.3) is 0 Å². The molecule has 0 unspecified atom stereocenters. The van der Waals surface area contributed by atoms with Crippen molar-refractivity contribution < 1.29 is 28.5 Å². The van der Waals surface area contributed by atoms with E-state index in [1.165, 1.54) is 0 Å². The molecule has 0 aliphatic carbocycles. The molecule has 0 heterocycles. The molecule has 1 rings (SSSR count). The van der Waals surface area contributed by atoms with Gasteiger partial charge in [0.15, 0.2) is 11.5 Å². The first-order valence-corrected chi connectivity index (χ1v) is 8.45. The summed E-state index contributed by atoms with van der Waals surface area (Å²) >= 11 is 0. The number of hydrogen-bond acceptors (Lipinski definition) is 6. The molecule has 0 radical (unpaired) electrons. The van der Waals surface area contributed by atoms with E-state index in [9.17, 15) is 4.79 Å². The third kappa shape index (κ3) is 8.56. The fourth-order valence-corrected chi connectivity index (χ4v) is 1.86. The number of carbonyl (C=O) groups is 1. The van der Waals surface area contributed by atoms with Crippen molar-refractivity contribution in [1.82, 2.24) is 0 Å². The predicted molar refractivity (Wildman–Crippen MR) is 95.0 cm³/mol. The third-order valence-electron chi connectivity index (χ3n) is 3.11. The fourth-order valence-electron chi connectivity index (χ4n) is 1.86. The molecule has 0 bridgehead atoms. The molecule has 25 heavy (non-hydrogen) atoms. The van der Waals surface area contributed by atoms with Crippen molar-refractivity contribution in [3.63, 3.8) is 0 Å². The van der Waals surface area contributed by atoms with E-state index in [0.717, 1.165) is 5.56 Å². The molecule has 1 aromatic rings. The molecular weight excluding hydrogens is 324 g/mol. The van der Waals surface area contributed by atoms with Crippen LogP contribution in [0.25, 0.3) is 0 Å². The van der Waals surface area contributed by atoms with Gasteiger partial charge in [-0.15, -0.1) is 0 Å². The van der Waals surface area contributed by atoms with Crippen molar-refractivity contribution in [2.75, 3.05) is 39.6 Å². The van der Waals surface area contributed by atoms with Gasteiger partial charge in [-0.2, -0.15) is 0 Å². The Morgan fingerprint density at radius 3 is 2.12 bits per heavy atom. The normalized spacial score (nSPS) is 10.4. The van der Waals surface area contributed by atoms with Gasteiger partial charge in [0, 0.05) is 18.8 Å². The molecule has 1 aromatic carbocycles. The Morgan fingerprint density at radius 2 is 1.56 bits per heavy atom. The average molecular weight is 352 g/mol. The zero-order valence-electron chi connectivity index (χ0n) is 15.3. The molecule has 0 fully saturated rings. The second-order valence-corrected chi connectivity index (χ2v) is 5.23. The van der Waals surface area contributed by atoms with Gasteiger partial charge in [0.2, 0.25) is 0 Å². The maximum atomic E-state index is 11.5. The summed E-state index contributed by atoms with van der Waals surface area (Å²) in [7, 11) is 0. The lowest BCUT2D eigenvalue weighted by Gasteiger charge is -2.14. The highest BCUT2D eigenvalue weighted by Crippen LogP contribution is 2.29. The SMILES string of the molecule is C=C(C)C(=O)OCc1ccc(OCCOCC)c(OCCOCC)c1. The number of hydrogen-bond donors (Lipinski definition) is 0. The lowest BCUT2D eigenvalue weighted by atomic mass is 10.2. The number of esters is 1. The summed E-state index contributed by atoms with van der Waals surface area (Å²) in [6.07, 6.45) is 0. The Kier molecular flexibility index (Phi) is 10.4. The van der Waals surface area contributed by atoms with Gasteiger partial charge in [0.05, 0.1) is 13.2 Å². The van der Waals surface area contributed by atoms with Gasteiger partial charge < -0.3 is 23.7 Å². The van der Waals surface area contributed by atoms with Gasteiger partial charge in [-0.05, 0) is 38.5 Å². The van der Waals surface area contributed by atoms with Crippen molar-refractivity contribution in [3.05, 3.63) is 35.9 Å². The lowest BCUT2D eigenvalue weighted by molar-refractivity contribution is -0.140. The summed E-state index contributed by atoms with van der Waals surface area (Å²) in [4.78, 5) is 11.5. The lowest BCUT2D eigenvalue weighted by Crippen LogP contribution is -2.10. The smallest absolute Gasteiger partial charge is 0.333 e. The van der Waals surface area contributed by atoms with E-state index in [2.05, 4.69) is 6.58 Å². The van der Waals surface area contributed by atoms with Crippen LogP contribution >= 0.6 is 0 Å². The number of benzene rings is 1. The molecule has 0 saturated carbocycles. The Morgan fingerprint density at radius 1 is 0.960 bits per heavy atom. The van der Waals surface area contributed by atoms with E-state index >= 15 is 0 Å². The van der Waals surface area contributed by atoms with Gasteiger partial charge >= 0.3 is 5.97 Å². The first-order chi connectivity index (χ1) is 12.1. The summed E-state index contributed by atoms with van der Waals surface area (Å²) in [5.74, 6) is 0.780. The Bertz CT molecular complexity index is 541. The Labute approximate surface area is 149 Å². The van der Waals surface area contributed by atoms with Crippen molar-refractivity contribution in [3.8, 4) is 11.5 Å². The zero-order chi connectivity index (χ0) is 18.5. The minimum atomic E-state index is -0.421. The van der Waals surface area contributed by atoms with E-state index in [1.54, 1.807) is 19.1 Å². The maximum absolute atomic E-state index is 11.5. The van der Waals surface area contributed by atoms with Crippen LogP contribution in [0.3, 0.4) is 0 Å². The van der Waals surface area contributed by atoms with E-state index in [0.29, 0.717) is 56.7 Å². The van der Waals surface area contributed by atoms with Gasteiger partial charge in [-0.3, -0.25) is 0 Å². The van der Waals surface area contributed by atoms with Crippen molar-refractivity contribution in [2.45, 2.75) is 27.4 Å². The van der Waals surface area contributed by atoms with Crippen LogP contribution in [0, 0.1) is 0 Å². The van der Waals surface area contributed by atoms with Crippen LogP contribution in [-0.2, 0) is 25.6 Å². The van der Waals surface area contributed by atoms with E-state index < -0.39 is 5.97 Å². The standard InChI is InChI=1S/C19H28O6/c1-5-21-9-11-23-17-8-7-16(14-25-19(20)15(3)4)13-18(17)24-12-10-22-6-2/h7-8,13H,3,5-6,9-12,14H2,1-2,4H3. The third-order valence-corrected chi connectivity index (χ3v) is 3.11. The van der Waals surface area contributed by atoms with Crippen LogP contribution in [0.2, 0.25) is 0 Å². The van der Waals surface area contributed by atoms with Crippen LogP contribution in [0.5, 0.6) is 11.5 Å². The molecule has 0 spiro atoms. The number of carbonyl (C=O) groups excluding carboxylic acids is 1. The zero-order valence-corrected chi connectivity index (χ0v) is 15.3. The van der Waals surface area contributed by atoms with Crippen LogP contribution in [-0.4, -0.2) is 45.6 Å². The summed E-state index contributed by atoms with van der Waals surface area (Å²) < 4.78 is 27.2. The van der Waals surface area contributed by atoms with Gasteiger partial charge in [-0.1, -0.05) is 12.6 Å². The maximum Gasteiger partial charge on any atom is 0.333 e. The molecule has 6 nitrogen and oxygen atoms in total. The molecule has 0 aromatic heterocycles. The summed E-state index contributed by atoms with van der Waals surface area (Å²) in [5.41, 5.74) is 1.17. The first-order valence-electron chi connectivity index (χ1n) is 8.45. The van der Waals surface area contributed by atoms with Crippen LogP contribution < -0.4 is 9.47 Å². The highest BCUT2D eigenvalue weighted by atomic mass is 16.6. The molecule has 6 heteroatoms. The molecule has 0 aliphatic rings. The minimum absolute atomic E-state index is 0.146. The summed E-state index contributed by atoms with van der Waals surface area (Å²) in [5, 5.41) is 0. The Balaban J connectivity index is 2.70. The van der Waals surface area contributed by atoms with E-state index in [1.807, 2.05) is 19.9 Å². The molecular formula is C19H28O6. The van der Waals surface area contributed by atoms with Crippen LogP contribution in [0.15, 0.2) is 30.4 Å². The molecule has 0 aliphatic heterocycles. The van der Waals surface area contributed by atoms with E-state index in [-0.39, 0.29) is 6.61 Å². The molecule has 0 amide bonds. The number of rotatable bonds is 13. The van der Waals surface area contributed by atoms with Crippen molar-refractivity contribution >= 4 is 5.97 Å². The summed E-state index contributed by atoms with van der Waals surface area (Å²) in [6, 6.07) is 5.43. The molecule has 0 N–H and O–H groups in total. The molecule has 140 valence electrons. The minimum Gasteiger partial charge on any atom is -0.487 e. The number of ether oxygens (including phenoxy) is 5. The van der Waals surface area contributed by atoms with E-state index in [4.69, 9.17) is 23.7 Å². The second-order valence-electron chi connectivity index (χ2n) is 5.23. The molecule has 0 saturated heterocycles.